The normalized spacial score (nSPS) is 18.4. The lowest BCUT2D eigenvalue weighted by atomic mass is 10.1. The molecule has 1 fully saturated rings. The fourth-order valence-corrected chi connectivity index (χ4v) is 2.36. The van der Waals surface area contributed by atoms with Gasteiger partial charge in [-0.2, -0.15) is 0 Å². The van der Waals surface area contributed by atoms with Gasteiger partial charge in [0.05, 0.1) is 19.8 Å². The molecule has 1 heterocycles. The first-order valence-corrected chi connectivity index (χ1v) is 7.92. The summed E-state index contributed by atoms with van der Waals surface area (Å²) in [5, 5.41) is 3.37. The van der Waals surface area contributed by atoms with Gasteiger partial charge in [0.2, 0.25) is 0 Å². The molecule has 0 radical (unpaired) electrons. The van der Waals surface area contributed by atoms with E-state index < -0.39 is 0 Å². The molecule has 22 heavy (non-hydrogen) atoms. The number of nitrogens with one attached hydrogen (secondary N) is 1. The highest BCUT2D eigenvalue weighted by atomic mass is 127. The van der Waals surface area contributed by atoms with Gasteiger partial charge in [0.1, 0.15) is 0 Å². The molecule has 1 aliphatic rings. The highest BCUT2D eigenvalue weighted by molar-refractivity contribution is 14.0. The predicted octanol–water partition coefficient (Wildman–Crippen LogP) is 1.12. The minimum absolute atomic E-state index is 0. The highest BCUT2D eigenvalue weighted by Crippen LogP contribution is 2.13. The number of nitrogens with zero attached hydrogens (tertiary/aromatic N) is 3. The number of halogens is 1. The van der Waals surface area contributed by atoms with Crippen LogP contribution in [0.15, 0.2) is 4.99 Å². The maximum atomic E-state index is 5.44. The van der Waals surface area contributed by atoms with E-state index in [0.717, 1.165) is 64.9 Å². The van der Waals surface area contributed by atoms with E-state index in [-0.39, 0.29) is 24.0 Å². The van der Waals surface area contributed by atoms with Crippen molar-refractivity contribution in [3.63, 3.8) is 0 Å². The van der Waals surface area contributed by atoms with Crippen LogP contribution < -0.4 is 5.32 Å². The van der Waals surface area contributed by atoms with Gasteiger partial charge >= 0.3 is 0 Å². The van der Waals surface area contributed by atoms with Crippen molar-refractivity contribution in [2.24, 2.45) is 10.9 Å². The molecule has 1 unspecified atom stereocenters. The first-order chi connectivity index (χ1) is 10.2. The number of rotatable bonds is 9. The van der Waals surface area contributed by atoms with Gasteiger partial charge in [-0.05, 0) is 20.4 Å². The van der Waals surface area contributed by atoms with Gasteiger partial charge < -0.3 is 24.6 Å². The summed E-state index contributed by atoms with van der Waals surface area (Å²) in [4.78, 5) is 9.17. The Kier molecular flexibility index (Phi) is 13.3. The summed E-state index contributed by atoms with van der Waals surface area (Å²) in [7, 11) is 5.94. The number of hydrogen-bond donors (Lipinski definition) is 1. The molecule has 1 aliphatic heterocycles. The molecule has 0 spiro atoms. The zero-order chi connectivity index (χ0) is 15.5. The second-order valence-corrected chi connectivity index (χ2v) is 5.64. The van der Waals surface area contributed by atoms with Gasteiger partial charge in [-0.3, -0.25) is 4.99 Å². The number of ether oxygens (including phenoxy) is 2. The smallest absolute Gasteiger partial charge is 0.193 e. The Morgan fingerprint density at radius 1 is 1.36 bits per heavy atom. The summed E-state index contributed by atoms with van der Waals surface area (Å²) < 4.78 is 10.5. The van der Waals surface area contributed by atoms with Gasteiger partial charge in [0, 0.05) is 52.9 Å². The maximum Gasteiger partial charge on any atom is 0.193 e. The van der Waals surface area contributed by atoms with E-state index in [1.165, 1.54) is 0 Å². The van der Waals surface area contributed by atoms with E-state index in [0.29, 0.717) is 5.92 Å². The summed E-state index contributed by atoms with van der Waals surface area (Å²) in [5.41, 5.74) is 0. The summed E-state index contributed by atoms with van der Waals surface area (Å²) in [5.74, 6) is 1.62. The Balaban J connectivity index is 0.00000441. The Labute approximate surface area is 152 Å². The molecule has 0 aromatic rings. The average molecular weight is 428 g/mol. The van der Waals surface area contributed by atoms with Crippen molar-refractivity contribution >= 4 is 29.9 Å². The summed E-state index contributed by atoms with van der Waals surface area (Å²) in [6.07, 6.45) is 1.16. The minimum Gasteiger partial charge on any atom is -0.383 e. The van der Waals surface area contributed by atoms with Gasteiger partial charge in [-0.1, -0.05) is 0 Å². The molecule has 6 nitrogen and oxygen atoms in total. The number of methoxy groups -OCH3 is 1. The largest absolute Gasteiger partial charge is 0.383 e. The van der Waals surface area contributed by atoms with E-state index in [9.17, 15) is 0 Å². The monoisotopic (exact) mass is 428 g/mol. The quantitative estimate of drug-likeness (QED) is 0.339. The lowest BCUT2D eigenvalue weighted by Crippen LogP contribution is -2.42. The number of hydrogen-bond acceptors (Lipinski definition) is 4. The van der Waals surface area contributed by atoms with Crippen LogP contribution in [-0.2, 0) is 9.47 Å². The molecule has 7 heteroatoms. The molecule has 1 rings (SSSR count). The molecular formula is C15H33IN4O2. The summed E-state index contributed by atoms with van der Waals surface area (Å²) in [6.45, 7) is 9.23. The van der Waals surface area contributed by atoms with Crippen LogP contribution in [0.3, 0.4) is 0 Å². The third-order valence-corrected chi connectivity index (χ3v) is 3.67. The van der Waals surface area contributed by atoms with E-state index in [4.69, 9.17) is 14.5 Å². The second kappa shape index (κ2) is 13.3. The fourth-order valence-electron chi connectivity index (χ4n) is 2.36. The van der Waals surface area contributed by atoms with E-state index >= 15 is 0 Å². The molecule has 1 saturated heterocycles. The van der Waals surface area contributed by atoms with Crippen molar-refractivity contribution < 1.29 is 9.47 Å². The van der Waals surface area contributed by atoms with Crippen LogP contribution in [0.5, 0.6) is 0 Å². The molecule has 0 bridgehead atoms. The van der Waals surface area contributed by atoms with E-state index in [1.54, 1.807) is 7.11 Å². The molecule has 0 aliphatic carbocycles. The molecule has 0 amide bonds. The second-order valence-electron chi connectivity index (χ2n) is 5.64. The molecular weight excluding hydrogens is 395 g/mol. The van der Waals surface area contributed by atoms with Crippen LogP contribution in [-0.4, -0.2) is 89.5 Å². The van der Waals surface area contributed by atoms with Crippen LogP contribution >= 0.6 is 24.0 Å². The maximum absolute atomic E-state index is 5.44. The van der Waals surface area contributed by atoms with Crippen LogP contribution in [0, 0.1) is 5.92 Å². The van der Waals surface area contributed by atoms with Crippen molar-refractivity contribution in [1.29, 1.82) is 0 Å². The SMILES string of the molecule is CCNC(=NCCN(C)CCOC)N(C)CC1CCOC1.I. The van der Waals surface area contributed by atoms with E-state index in [2.05, 4.69) is 36.1 Å². The minimum atomic E-state index is 0. The zero-order valence-electron chi connectivity index (χ0n) is 14.5. The van der Waals surface area contributed by atoms with Crippen molar-refractivity contribution in [3.8, 4) is 0 Å². The topological polar surface area (TPSA) is 49.3 Å². The third kappa shape index (κ3) is 9.12. The molecule has 0 saturated carbocycles. The van der Waals surface area contributed by atoms with Gasteiger partial charge in [0.25, 0.3) is 0 Å². The highest BCUT2D eigenvalue weighted by Gasteiger charge is 2.18. The first-order valence-electron chi connectivity index (χ1n) is 7.92. The van der Waals surface area contributed by atoms with Crippen molar-refractivity contribution in [3.05, 3.63) is 0 Å². The van der Waals surface area contributed by atoms with Crippen molar-refractivity contribution in [2.75, 3.05) is 73.7 Å². The van der Waals surface area contributed by atoms with Crippen LogP contribution in [0.2, 0.25) is 0 Å². The number of aliphatic imine (C=N–C) groups is 1. The molecule has 1 N–H and O–H groups in total. The lowest BCUT2D eigenvalue weighted by molar-refractivity contribution is 0.162. The average Bonchev–Trinajstić information content (AvgIpc) is 2.97. The molecule has 132 valence electrons. The van der Waals surface area contributed by atoms with Gasteiger partial charge in [-0.15, -0.1) is 24.0 Å². The van der Waals surface area contributed by atoms with Gasteiger partial charge in [-0.25, -0.2) is 0 Å². The van der Waals surface area contributed by atoms with E-state index in [1.807, 2.05) is 0 Å². The fraction of sp³-hybridized carbons (Fsp3) is 0.933. The van der Waals surface area contributed by atoms with Crippen LogP contribution in [0.25, 0.3) is 0 Å². The Morgan fingerprint density at radius 3 is 2.73 bits per heavy atom. The lowest BCUT2D eigenvalue weighted by Gasteiger charge is -2.25. The van der Waals surface area contributed by atoms with Crippen molar-refractivity contribution in [1.82, 2.24) is 15.1 Å². The Bertz CT molecular complexity index is 299. The Morgan fingerprint density at radius 2 is 2.14 bits per heavy atom. The number of likely N-dealkylation sites (N-methyl/N-ethyl adjacent to an activating group) is 1. The summed E-state index contributed by atoms with van der Waals surface area (Å²) >= 11 is 0. The van der Waals surface area contributed by atoms with Crippen LogP contribution in [0.4, 0.5) is 0 Å². The van der Waals surface area contributed by atoms with Crippen LogP contribution in [0.1, 0.15) is 13.3 Å². The molecule has 0 aromatic heterocycles. The Hall–Kier alpha value is -0.120. The first kappa shape index (κ1) is 21.9. The number of guanidine groups is 1. The van der Waals surface area contributed by atoms with Gasteiger partial charge in [0.15, 0.2) is 5.96 Å². The van der Waals surface area contributed by atoms with Crippen molar-refractivity contribution in [2.45, 2.75) is 13.3 Å². The summed E-state index contributed by atoms with van der Waals surface area (Å²) in [6, 6.07) is 0. The third-order valence-electron chi connectivity index (χ3n) is 3.67. The molecule has 1 atom stereocenters. The predicted molar refractivity (Wildman–Crippen MR) is 102 cm³/mol. The standard InChI is InChI=1S/C15H32N4O2.HI/c1-5-16-15(17-7-8-18(2)9-11-20-4)19(3)12-14-6-10-21-13-14;/h14H,5-13H2,1-4H3,(H,16,17);1H. The zero-order valence-corrected chi connectivity index (χ0v) is 16.8. The molecule has 0 aromatic carbocycles.